The lowest BCUT2D eigenvalue weighted by Gasteiger charge is -2.17. The van der Waals surface area contributed by atoms with Crippen molar-refractivity contribution in [1.29, 1.82) is 0 Å². The van der Waals surface area contributed by atoms with Crippen molar-refractivity contribution in [3.63, 3.8) is 0 Å². The molecule has 5 heteroatoms. The molecule has 3 N–H and O–H groups in total. The number of nitrogens with zero attached hydrogens (tertiary/aromatic N) is 1. The SMILES string of the molecule is CC(C)C(CNc1ccc2nc[nH]c2c1)C(=O)O. The number of imidazole rings is 1. The molecule has 0 amide bonds. The second-order valence-electron chi connectivity index (χ2n) is 4.70. The molecular weight excluding hydrogens is 230 g/mol. The summed E-state index contributed by atoms with van der Waals surface area (Å²) in [7, 11) is 0. The van der Waals surface area contributed by atoms with Crippen molar-refractivity contribution < 1.29 is 9.90 Å². The molecule has 1 heterocycles. The van der Waals surface area contributed by atoms with E-state index >= 15 is 0 Å². The summed E-state index contributed by atoms with van der Waals surface area (Å²) in [6.45, 7) is 4.25. The molecule has 0 aliphatic carbocycles. The summed E-state index contributed by atoms with van der Waals surface area (Å²) < 4.78 is 0. The van der Waals surface area contributed by atoms with Crippen LogP contribution in [0.5, 0.6) is 0 Å². The molecule has 0 saturated carbocycles. The van der Waals surface area contributed by atoms with E-state index in [0.717, 1.165) is 16.7 Å². The minimum absolute atomic E-state index is 0.103. The second-order valence-corrected chi connectivity index (χ2v) is 4.70. The van der Waals surface area contributed by atoms with Gasteiger partial charge < -0.3 is 15.4 Å². The zero-order valence-electron chi connectivity index (χ0n) is 10.5. The monoisotopic (exact) mass is 247 g/mol. The molecule has 2 aromatic rings. The lowest BCUT2D eigenvalue weighted by molar-refractivity contribution is -0.142. The minimum Gasteiger partial charge on any atom is -0.481 e. The summed E-state index contributed by atoms with van der Waals surface area (Å²) in [5, 5.41) is 12.3. The van der Waals surface area contributed by atoms with Crippen molar-refractivity contribution in [3.05, 3.63) is 24.5 Å². The van der Waals surface area contributed by atoms with Gasteiger partial charge in [0.15, 0.2) is 0 Å². The quantitative estimate of drug-likeness (QED) is 0.757. The number of hydrogen-bond donors (Lipinski definition) is 3. The summed E-state index contributed by atoms with van der Waals surface area (Å²) in [6.07, 6.45) is 1.64. The van der Waals surface area contributed by atoms with Crippen LogP contribution in [0, 0.1) is 11.8 Å². The topological polar surface area (TPSA) is 78.0 Å². The Morgan fingerprint density at radius 1 is 1.50 bits per heavy atom. The number of fused-ring (bicyclic) bond motifs is 1. The standard InChI is InChI=1S/C13H17N3O2/c1-8(2)10(13(17)18)6-14-9-3-4-11-12(5-9)16-7-15-11/h3-5,7-8,10,14H,6H2,1-2H3,(H,15,16)(H,17,18). The van der Waals surface area contributed by atoms with Crippen molar-refractivity contribution in [1.82, 2.24) is 9.97 Å². The molecule has 0 bridgehead atoms. The molecular formula is C13H17N3O2. The van der Waals surface area contributed by atoms with Gasteiger partial charge >= 0.3 is 5.97 Å². The van der Waals surface area contributed by atoms with E-state index in [1.807, 2.05) is 32.0 Å². The third kappa shape index (κ3) is 2.61. The average Bonchev–Trinajstić information content (AvgIpc) is 2.75. The molecule has 0 spiro atoms. The van der Waals surface area contributed by atoms with Crippen molar-refractivity contribution >= 4 is 22.7 Å². The van der Waals surface area contributed by atoms with Crippen molar-refractivity contribution in [2.45, 2.75) is 13.8 Å². The van der Waals surface area contributed by atoms with Crippen LogP contribution in [0.25, 0.3) is 11.0 Å². The van der Waals surface area contributed by atoms with Crippen LogP contribution >= 0.6 is 0 Å². The highest BCUT2D eigenvalue weighted by Crippen LogP contribution is 2.17. The van der Waals surface area contributed by atoms with Gasteiger partial charge in [-0.15, -0.1) is 0 Å². The number of benzene rings is 1. The first-order valence-corrected chi connectivity index (χ1v) is 5.97. The Morgan fingerprint density at radius 3 is 2.94 bits per heavy atom. The number of hydrogen-bond acceptors (Lipinski definition) is 3. The van der Waals surface area contributed by atoms with Crippen LogP contribution in [0.2, 0.25) is 0 Å². The number of aromatic nitrogens is 2. The van der Waals surface area contributed by atoms with Crippen LogP contribution in [0.1, 0.15) is 13.8 Å². The number of carboxylic acids is 1. The Morgan fingerprint density at radius 2 is 2.28 bits per heavy atom. The van der Waals surface area contributed by atoms with Crippen LogP contribution in [0.15, 0.2) is 24.5 Å². The van der Waals surface area contributed by atoms with E-state index in [1.54, 1.807) is 6.33 Å². The van der Waals surface area contributed by atoms with Gasteiger partial charge in [0.2, 0.25) is 0 Å². The van der Waals surface area contributed by atoms with E-state index in [4.69, 9.17) is 5.11 Å². The van der Waals surface area contributed by atoms with Gasteiger partial charge in [-0.25, -0.2) is 4.98 Å². The molecule has 96 valence electrons. The molecule has 1 aromatic heterocycles. The van der Waals surface area contributed by atoms with Gasteiger partial charge in [-0.05, 0) is 24.1 Å². The first-order valence-electron chi connectivity index (χ1n) is 5.97. The van der Waals surface area contributed by atoms with Gasteiger partial charge in [0.05, 0.1) is 23.3 Å². The van der Waals surface area contributed by atoms with E-state index in [2.05, 4.69) is 15.3 Å². The van der Waals surface area contributed by atoms with Gasteiger partial charge in [-0.3, -0.25) is 4.79 Å². The number of anilines is 1. The first-order chi connectivity index (χ1) is 8.58. The molecule has 0 aliphatic heterocycles. The van der Waals surface area contributed by atoms with E-state index in [0.29, 0.717) is 6.54 Å². The van der Waals surface area contributed by atoms with Gasteiger partial charge in [-0.1, -0.05) is 13.8 Å². The maximum Gasteiger partial charge on any atom is 0.308 e. The number of H-pyrrole nitrogens is 1. The summed E-state index contributed by atoms with van der Waals surface area (Å²) in [5.74, 6) is -1.05. The number of aliphatic carboxylic acids is 1. The van der Waals surface area contributed by atoms with Crippen LogP contribution in [-0.4, -0.2) is 27.6 Å². The van der Waals surface area contributed by atoms with Crippen LogP contribution in [0.4, 0.5) is 5.69 Å². The number of nitrogens with one attached hydrogen (secondary N) is 2. The summed E-state index contributed by atoms with van der Waals surface area (Å²) in [5.41, 5.74) is 2.74. The van der Waals surface area contributed by atoms with Crippen molar-refractivity contribution in [3.8, 4) is 0 Å². The van der Waals surface area contributed by atoms with Crippen LogP contribution in [-0.2, 0) is 4.79 Å². The lowest BCUT2D eigenvalue weighted by atomic mass is 9.96. The summed E-state index contributed by atoms with van der Waals surface area (Å²) in [6, 6.07) is 5.74. The fourth-order valence-electron chi connectivity index (χ4n) is 1.88. The Hall–Kier alpha value is -2.04. The third-order valence-corrected chi connectivity index (χ3v) is 3.07. The first kappa shape index (κ1) is 12.4. The molecule has 0 fully saturated rings. The largest absolute Gasteiger partial charge is 0.481 e. The highest BCUT2D eigenvalue weighted by molar-refractivity contribution is 5.79. The average molecular weight is 247 g/mol. The Balaban J connectivity index is 2.06. The van der Waals surface area contributed by atoms with Gasteiger partial charge in [-0.2, -0.15) is 0 Å². The highest BCUT2D eigenvalue weighted by atomic mass is 16.4. The van der Waals surface area contributed by atoms with Crippen LogP contribution < -0.4 is 5.32 Å². The number of rotatable bonds is 5. The predicted molar refractivity (Wildman–Crippen MR) is 70.5 cm³/mol. The van der Waals surface area contributed by atoms with E-state index in [-0.39, 0.29) is 11.8 Å². The van der Waals surface area contributed by atoms with Gasteiger partial charge in [0, 0.05) is 12.2 Å². The maximum absolute atomic E-state index is 11.1. The predicted octanol–water partition coefficient (Wildman–Crippen LogP) is 2.33. The molecule has 1 unspecified atom stereocenters. The van der Waals surface area contributed by atoms with E-state index in [1.165, 1.54) is 0 Å². The van der Waals surface area contributed by atoms with Crippen molar-refractivity contribution in [2.24, 2.45) is 11.8 Å². The fraction of sp³-hybridized carbons (Fsp3) is 0.385. The van der Waals surface area contributed by atoms with E-state index in [9.17, 15) is 4.79 Å². The summed E-state index contributed by atoms with van der Waals surface area (Å²) >= 11 is 0. The third-order valence-electron chi connectivity index (χ3n) is 3.07. The second kappa shape index (κ2) is 5.08. The fourth-order valence-corrected chi connectivity index (χ4v) is 1.88. The smallest absolute Gasteiger partial charge is 0.308 e. The number of carboxylic acid groups (broad SMARTS) is 1. The van der Waals surface area contributed by atoms with Gasteiger partial charge in [0.1, 0.15) is 0 Å². The molecule has 0 radical (unpaired) electrons. The minimum atomic E-state index is -0.764. The molecule has 18 heavy (non-hydrogen) atoms. The maximum atomic E-state index is 11.1. The molecule has 1 atom stereocenters. The molecule has 2 rings (SSSR count). The number of aromatic amines is 1. The van der Waals surface area contributed by atoms with E-state index < -0.39 is 5.97 Å². The number of carbonyl (C=O) groups is 1. The molecule has 1 aromatic carbocycles. The Labute approximate surface area is 105 Å². The molecule has 0 aliphatic rings. The normalized spacial score (nSPS) is 12.8. The highest BCUT2D eigenvalue weighted by Gasteiger charge is 2.20. The lowest BCUT2D eigenvalue weighted by Crippen LogP contribution is -2.27. The Kier molecular flexibility index (Phi) is 3.50. The zero-order chi connectivity index (χ0) is 13.1. The van der Waals surface area contributed by atoms with Crippen molar-refractivity contribution in [2.75, 3.05) is 11.9 Å². The molecule has 5 nitrogen and oxygen atoms in total. The van der Waals surface area contributed by atoms with Crippen LogP contribution in [0.3, 0.4) is 0 Å². The van der Waals surface area contributed by atoms with Gasteiger partial charge in [0.25, 0.3) is 0 Å². The molecule has 0 saturated heterocycles. The Bertz CT molecular complexity index is 548. The summed E-state index contributed by atoms with van der Waals surface area (Å²) in [4.78, 5) is 18.2. The zero-order valence-corrected chi connectivity index (χ0v) is 10.5.